The lowest BCUT2D eigenvalue weighted by molar-refractivity contribution is 0.719. The minimum absolute atomic E-state index is 0.143. The van der Waals surface area contributed by atoms with Crippen molar-refractivity contribution < 1.29 is 0 Å². The second-order valence-electron chi connectivity index (χ2n) is 6.66. The van der Waals surface area contributed by atoms with Gasteiger partial charge in [-0.3, -0.25) is 0 Å². The van der Waals surface area contributed by atoms with Gasteiger partial charge in [-0.05, 0) is 41.3 Å². The van der Waals surface area contributed by atoms with Crippen molar-refractivity contribution in [2.24, 2.45) is 5.10 Å². The van der Waals surface area contributed by atoms with Gasteiger partial charge >= 0.3 is 0 Å². The molecule has 1 aliphatic rings. The average Bonchev–Trinajstić information content (AvgIpc) is 3.48. The Morgan fingerprint density at radius 1 is 0.862 bits per heavy atom. The van der Waals surface area contributed by atoms with Crippen LogP contribution in [-0.4, -0.2) is 10.7 Å². The van der Waals surface area contributed by atoms with Crippen molar-refractivity contribution in [3.8, 4) is 11.3 Å². The molecular weight excluding hydrogens is 441 g/mol. The van der Waals surface area contributed by atoms with E-state index < -0.39 is 0 Å². The fourth-order valence-corrected chi connectivity index (χ4v) is 5.23. The maximum Gasteiger partial charge on any atom is 0.207 e. The summed E-state index contributed by atoms with van der Waals surface area (Å²) >= 11 is 15.4. The van der Waals surface area contributed by atoms with Crippen LogP contribution in [0.15, 0.2) is 76.5 Å². The van der Waals surface area contributed by atoms with Crippen LogP contribution in [-0.2, 0) is 0 Å². The summed E-state index contributed by atoms with van der Waals surface area (Å²) in [5.41, 5.74) is 4.11. The molecule has 1 aliphatic heterocycles. The van der Waals surface area contributed by atoms with Crippen LogP contribution >= 0.6 is 45.9 Å². The van der Waals surface area contributed by atoms with E-state index in [4.69, 9.17) is 33.3 Å². The highest BCUT2D eigenvalue weighted by Crippen LogP contribution is 2.40. The molecule has 3 heterocycles. The second kappa shape index (κ2) is 7.92. The monoisotopic (exact) mass is 455 g/mol. The quantitative estimate of drug-likeness (QED) is 0.317. The molecule has 1 atom stereocenters. The summed E-state index contributed by atoms with van der Waals surface area (Å²) in [6.45, 7) is 0. The number of aromatic nitrogens is 1. The van der Waals surface area contributed by atoms with Gasteiger partial charge in [-0.1, -0.05) is 53.5 Å². The predicted octanol–water partition coefficient (Wildman–Crippen LogP) is 7.53. The zero-order chi connectivity index (χ0) is 19.8. The van der Waals surface area contributed by atoms with Gasteiger partial charge in [-0.25, -0.2) is 9.99 Å². The van der Waals surface area contributed by atoms with Crippen molar-refractivity contribution >= 4 is 56.7 Å². The van der Waals surface area contributed by atoms with Crippen molar-refractivity contribution in [2.45, 2.75) is 12.5 Å². The Balaban J connectivity index is 1.51. The molecule has 0 saturated carbocycles. The third-order valence-corrected chi connectivity index (χ3v) is 7.10. The average molecular weight is 456 g/mol. The van der Waals surface area contributed by atoms with E-state index in [1.54, 1.807) is 22.7 Å². The molecule has 144 valence electrons. The third kappa shape index (κ3) is 3.83. The van der Waals surface area contributed by atoms with Crippen molar-refractivity contribution in [1.29, 1.82) is 0 Å². The predicted molar refractivity (Wildman–Crippen MR) is 125 cm³/mol. The Bertz CT molecular complexity index is 1150. The van der Waals surface area contributed by atoms with Gasteiger partial charge in [0.2, 0.25) is 5.13 Å². The van der Waals surface area contributed by atoms with E-state index in [2.05, 4.69) is 27.9 Å². The number of rotatable bonds is 4. The van der Waals surface area contributed by atoms with Crippen LogP contribution in [0.3, 0.4) is 0 Å². The molecule has 0 aliphatic carbocycles. The molecule has 2 aromatic carbocycles. The summed E-state index contributed by atoms with van der Waals surface area (Å²) in [4.78, 5) is 6.15. The molecule has 0 amide bonds. The van der Waals surface area contributed by atoms with Gasteiger partial charge in [0.05, 0.1) is 17.4 Å². The number of hydrogen-bond acceptors (Lipinski definition) is 5. The zero-order valence-corrected chi connectivity index (χ0v) is 18.3. The van der Waals surface area contributed by atoms with Crippen molar-refractivity contribution in [3.63, 3.8) is 0 Å². The van der Waals surface area contributed by atoms with E-state index in [9.17, 15) is 0 Å². The molecule has 4 aromatic rings. The molecule has 2 aromatic heterocycles. The van der Waals surface area contributed by atoms with Gasteiger partial charge in [0.1, 0.15) is 0 Å². The molecule has 1 unspecified atom stereocenters. The minimum atomic E-state index is 0.143. The van der Waals surface area contributed by atoms with Crippen LogP contribution in [0.5, 0.6) is 0 Å². The van der Waals surface area contributed by atoms with Crippen molar-refractivity contribution in [3.05, 3.63) is 91.9 Å². The number of hydrazone groups is 1. The summed E-state index contributed by atoms with van der Waals surface area (Å²) < 4.78 is 0. The number of thiophene rings is 1. The van der Waals surface area contributed by atoms with E-state index in [1.807, 2.05) is 48.5 Å². The Kier molecular flexibility index (Phi) is 5.14. The lowest BCUT2D eigenvalue weighted by Gasteiger charge is -2.19. The van der Waals surface area contributed by atoms with Crippen LogP contribution in [0.2, 0.25) is 10.0 Å². The van der Waals surface area contributed by atoms with Gasteiger partial charge in [0.15, 0.2) is 0 Å². The topological polar surface area (TPSA) is 28.5 Å². The van der Waals surface area contributed by atoms with Gasteiger partial charge in [0, 0.05) is 32.3 Å². The van der Waals surface area contributed by atoms with Gasteiger partial charge < -0.3 is 0 Å². The highest BCUT2D eigenvalue weighted by Gasteiger charge is 2.32. The van der Waals surface area contributed by atoms with Crippen LogP contribution in [0.4, 0.5) is 5.13 Å². The number of halogens is 2. The summed E-state index contributed by atoms with van der Waals surface area (Å²) in [6.07, 6.45) is 0.831. The van der Waals surface area contributed by atoms with Crippen LogP contribution in [0.25, 0.3) is 11.3 Å². The Labute approximate surface area is 186 Å². The van der Waals surface area contributed by atoms with Gasteiger partial charge in [-0.2, -0.15) is 5.10 Å². The Hall–Kier alpha value is -2.18. The number of thiazole rings is 1. The number of nitrogens with zero attached hydrogens (tertiary/aromatic N) is 3. The SMILES string of the molecule is Clc1ccc(C2=NN(c3nc(-c4ccc(Cl)cc4)cs3)C(c3cccs3)C2)cc1. The first kappa shape index (κ1) is 18.8. The summed E-state index contributed by atoms with van der Waals surface area (Å²) in [6, 6.07) is 20.0. The lowest BCUT2D eigenvalue weighted by atomic mass is 10.0. The van der Waals surface area contributed by atoms with E-state index in [0.29, 0.717) is 0 Å². The van der Waals surface area contributed by atoms with Crippen LogP contribution < -0.4 is 5.01 Å². The zero-order valence-electron chi connectivity index (χ0n) is 15.1. The van der Waals surface area contributed by atoms with Crippen molar-refractivity contribution in [1.82, 2.24) is 4.98 Å². The molecular formula is C22H15Cl2N3S2. The number of anilines is 1. The van der Waals surface area contributed by atoms with Crippen molar-refractivity contribution in [2.75, 3.05) is 5.01 Å². The first-order valence-corrected chi connectivity index (χ1v) is 11.6. The Morgan fingerprint density at radius 2 is 1.55 bits per heavy atom. The molecule has 5 rings (SSSR count). The fourth-order valence-electron chi connectivity index (χ4n) is 3.33. The van der Waals surface area contributed by atoms with E-state index in [0.717, 1.165) is 44.1 Å². The Morgan fingerprint density at radius 3 is 2.21 bits per heavy atom. The van der Waals surface area contributed by atoms with Crippen LogP contribution in [0, 0.1) is 0 Å². The maximum absolute atomic E-state index is 6.06. The maximum atomic E-state index is 6.06. The van der Waals surface area contributed by atoms with Gasteiger partial charge in [-0.15, -0.1) is 22.7 Å². The first-order valence-electron chi connectivity index (χ1n) is 9.05. The second-order valence-corrected chi connectivity index (χ2v) is 9.34. The largest absolute Gasteiger partial charge is 0.230 e. The highest BCUT2D eigenvalue weighted by molar-refractivity contribution is 7.14. The molecule has 3 nitrogen and oxygen atoms in total. The molecule has 0 spiro atoms. The van der Waals surface area contributed by atoms with E-state index >= 15 is 0 Å². The first-order chi connectivity index (χ1) is 14.2. The number of hydrogen-bond donors (Lipinski definition) is 0. The molecule has 0 radical (unpaired) electrons. The summed E-state index contributed by atoms with van der Waals surface area (Å²) in [5, 5.41) is 13.5. The number of benzene rings is 2. The molecule has 0 saturated heterocycles. The molecule has 0 bridgehead atoms. The highest BCUT2D eigenvalue weighted by atomic mass is 35.5. The van der Waals surface area contributed by atoms with E-state index in [-0.39, 0.29) is 6.04 Å². The lowest BCUT2D eigenvalue weighted by Crippen LogP contribution is -2.17. The minimum Gasteiger partial charge on any atom is -0.230 e. The van der Waals surface area contributed by atoms with Gasteiger partial charge in [0.25, 0.3) is 0 Å². The molecule has 0 N–H and O–H groups in total. The van der Waals surface area contributed by atoms with E-state index in [1.165, 1.54) is 4.88 Å². The molecule has 7 heteroatoms. The standard InChI is InChI=1S/C22H15Cl2N3S2/c23-16-7-3-14(4-8-16)18-12-20(21-2-1-11-28-21)27(26-18)22-25-19(13-29-22)15-5-9-17(24)10-6-15/h1-11,13,20H,12H2. The van der Waals surface area contributed by atoms with Crippen LogP contribution in [0.1, 0.15) is 22.9 Å². The molecule has 29 heavy (non-hydrogen) atoms. The normalized spacial score (nSPS) is 16.3. The third-order valence-electron chi connectivity index (χ3n) is 4.79. The summed E-state index contributed by atoms with van der Waals surface area (Å²) in [5.74, 6) is 0. The molecule has 0 fully saturated rings. The summed E-state index contributed by atoms with van der Waals surface area (Å²) in [7, 11) is 0. The fraction of sp³-hybridized carbons (Fsp3) is 0.0909. The smallest absolute Gasteiger partial charge is 0.207 e.